The van der Waals surface area contributed by atoms with Crippen molar-refractivity contribution in [1.29, 1.82) is 0 Å². The van der Waals surface area contributed by atoms with Gasteiger partial charge >= 0.3 is 0 Å². The Kier molecular flexibility index (Phi) is 5.77. The lowest BCUT2D eigenvalue weighted by Crippen LogP contribution is -2.53. The van der Waals surface area contributed by atoms with Gasteiger partial charge in [0.05, 0.1) is 13.2 Å². The molecule has 0 spiro atoms. The third-order valence-electron chi connectivity index (χ3n) is 5.69. The number of carbonyl (C=O) groups excluding carboxylic acids is 2. The van der Waals surface area contributed by atoms with Gasteiger partial charge in [0.1, 0.15) is 23.5 Å². The van der Waals surface area contributed by atoms with Gasteiger partial charge in [0.15, 0.2) is 0 Å². The van der Waals surface area contributed by atoms with E-state index in [0.29, 0.717) is 11.3 Å². The van der Waals surface area contributed by atoms with E-state index < -0.39 is 17.8 Å². The fourth-order valence-electron chi connectivity index (χ4n) is 3.82. The van der Waals surface area contributed by atoms with Crippen molar-refractivity contribution in [3.05, 3.63) is 71.9 Å². The van der Waals surface area contributed by atoms with Crippen molar-refractivity contribution < 1.29 is 24.5 Å². The summed E-state index contributed by atoms with van der Waals surface area (Å²) >= 11 is 0. The van der Waals surface area contributed by atoms with Crippen LogP contribution in [0.1, 0.15) is 20.8 Å². The van der Waals surface area contributed by atoms with E-state index >= 15 is 0 Å². The average Bonchev–Trinajstić information content (AvgIpc) is 3.28. The monoisotopic (exact) mass is 423 g/mol. The molecule has 4 rings (SSSR count). The Bertz CT molecular complexity index is 1100. The van der Waals surface area contributed by atoms with Crippen LogP contribution < -0.4 is 10.6 Å². The third kappa shape index (κ3) is 4.18. The number of rotatable bonds is 6. The summed E-state index contributed by atoms with van der Waals surface area (Å²) in [5.41, 5.74) is 0.241. The number of aliphatic hydroxyl groups excluding tert-OH is 1. The van der Waals surface area contributed by atoms with Gasteiger partial charge in [-0.05, 0) is 24.3 Å². The largest absolute Gasteiger partial charge is 0.387 e. The van der Waals surface area contributed by atoms with E-state index in [1.54, 1.807) is 41.0 Å². The predicted octanol–water partition coefficient (Wildman–Crippen LogP) is 0.829. The molecule has 0 aliphatic carbocycles. The van der Waals surface area contributed by atoms with Crippen molar-refractivity contribution in [2.75, 3.05) is 19.7 Å². The molecule has 2 amide bonds. The normalized spacial score (nSPS) is 23.1. The average molecular weight is 423 g/mol. The Balaban J connectivity index is 1.34. The lowest BCUT2D eigenvalue weighted by Gasteiger charge is -2.26. The summed E-state index contributed by atoms with van der Waals surface area (Å²) in [5.74, 6) is -0.656. The topological polar surface area (TPSA) is 113 Å². The number of aryl methyl sites for hydroxylation is 1. The lowest BCUT2D eigenvalue weighted by molar-refractivity contribution is -0.0464. The zero-order valence-electron chi connectivity index (χ0n) is 17.1. The van der Waals surface area contributed by atoms with Crippen molar-refractivity contribution in [2.45, 2.75) is 17.8 Å². The summed E-state index contributed by atoms with van der Waals surface area (Å²) in [6, 6.07) is 18.1. The molecule has 0 saturated carbocycles. The predicted molar refractivity (Wildman–Crippen MR) is 115 cm³/mol. The number of benzene rings is 2. The molecule has 162 valence electrons. The molecule has 4 N–H and O–H groups in total. The molecule has 0 radical (unpaired) electrons. The molecule has 1 aromatic heterocycles. The summed E-state index contributed by atoms with van der Waals surface area (Å²) in [7, 11) is 1.81. The van der Waals surface area contributed by atoms with Gasteiger partial charge in [-0.25, -0.2) is 0 Å². The van der Waals surface area contributed by atoms with Crippen LogP contribution in [0.4, 0.5) is 0 Å². The van der Waals surface area contributed by atoms with E-state index in [2.05, 4.69) is 10.6 Å². The van der Waals surface area contributed by atoms with Crippen LogP contribution in [0.25, 0.3) is 10.9 Å². The van der Waals surface area contributed by atoms with Gasteiger partial charge in [-0.1, -0.05) is 36.4 Å². The minimum atomic E-state index is -1.64. The van der Waals surface area contributed by atoms with Gasteiger partial charge in [-0.15, -0.1) is 0 Å². The Labute approximate surface area is 179 Å². The van der Waals surface area contributed by atoms with Crippen LogP contribution in [0.2, 0.25) is 0 Å². The van der Waals surface area contributed by atoms with Gasteiger partial charge in [0.2, 0.25) is 0 Å². The van der Waals surface area contributed by atoms with Gasteiger partial charge in [-0.2, -0.15) is 0 Å². The fourth-order valence-corrected chi connectivity index (χ4v) is 3.82. The van der Waals surface area contributed by atoms with Crippen LogP contribution in [-0.4, -0.2) is 64.1 Å². The molecule has 1 aliphatic rings. The first kappa shape index (κ1) is 21.0. The first-order valence-electron chi connectivity index (χ1n) is 10.1. The smallest absolute Gasteiger partial charge is 0.268 e. The molecule has 2 heterocycles. The maximum Gasteiger partial charge on any atom is 0.268 e. The quantitative estimate of drug-likeness (QED) is 0.469. The summed E-state index contributed by atoms with van der Waals surface area (Å²) in [5, 5.41) is 27.6. The van der Waals surface area contributed by atoms with Crippen LogP contribution >= 0.6 is 0 Å². The molecule has 1 saturated heterocycles. The second-order valence-electron chi connectivity index (χ2n) is 7.80. The Morgan fingerprint density at radius 2 is 1.81 bits per heavy atom. The molecule has 8 nitrogen and oxygen atoms in total. The third-order valence-corrected chi connectivity index (χ3v) is 5.69. The number of fused-ring (bicyclic) bond motifs is 1. The van der Waals surface area contributed by atoms with Crippen molar-refractivity contribution in [3.63, 3.8) is 0 Å². The number of carbonyl (C=O) groups is 2. The minimum absolute atomic E-state index is 0.0243. The zero-order chi connectivity index (χ0) is 22.0. The number of nitrogens with one attached hydrogen (secondary N) is 2. The molecule has 1 fully saturated rings. The number of hydrogen-bond acceptors (Lipinski definition) is 5. The number of aromatic nitrogens is 1. The van der Waals surface area contributed by atoms with Crippen molar-refractivity contribution in [3.8, 4) is 0 Å². The van der Waals surface area contributed by atoms with Crippen LogP contribution in [0.15, 0.2) is 60.7 Å². The molecule has 31 heavy (non-hydrogen) atoms. The highest BCUT2D eigenvalue weighted by Gasteiger charge is 2.48. The highest BCUT2D eigenvalue weighted by Crippen LogP contribution is 2.25. The van der Waals surface area contributed by atoms with E-state index in [9.17, 15) is 19.8 Å². The lowest BCUT2D eigenvalue weighted by atomic mass is 9.96. The van der Waals surface area contributed by atoms with Crippen LogP contribution in [0.3, 0.4) is 0 Å². The Hall–Kier alpha value is -3.20. The first-order chi connectivity index (χ1) is 14.9. The van der Waals surface area contributed by atoms with Crippen molar-refractivity contribution in [1.82, 2.24) is 15.2 Å². The summed E-state index contributed by atoms with van der Waals surface area (Å²) < 4.78 is 7.32. The van der Waals surface area contributed by atoms with Gasteiger partial charge in [0.25, 0.3) is 11.8 Å². The SMILES string of the molecule is Cn1c(C(=O)NCC2OC[C@@](O)(CNC(=O)c3ccccc3)[C@@H]2O)cc2ccccc21. The maximum atomic E-state index is 12.6. The molecule has 2 aromatic carbocycles. The van der Waals surface area contributed by atoms with E-state index in [0.717, 1.165) is 10.9 Å². The first-order valence-corrected chi connectivity index (χ1v) is 10.1. The summed E-state index contributed by atoms with van der Waals surface area (Å²) in [6.07, 6.45) is -2.06. The van der Waals surface area contributed by atoms with Gasteiger partial charge < -0.3 is 30.2 Å². The van der Waals surface area contributed by atoms with E-state index in [4.69, 9.17) is 4.74 Å². The molecule has 3 aromatic rings. The van der Waals surface area contributed by atoms with E-state index in [1.807, 2.05) is 31.3 Å². The molecule has 8 heteroatoms. The van der Waals surface area contributed by atoms with Gasteiger partial charge in [0, 0.05) is 30.1 Å². The number of aliphatic hydroxyl groups is 2. The van der Waals surface area contributed by atoms with E-state index in [1.165, 1.54) is 0 Å². The standard InChI is InChI=1S/C23H25N3O5/c1-26-17-10-6-5-9-16(17)11-18(26)22(29)24-12-19-20(27)23(30,14-31-19)13-25-21(28)15-7-3-2-4-8-15/h2-11,19-20,27,30H,12-14H2,1H3,(H,24,29)(H,25,28)/t19?,20-,23+/m1/s1. The Morgan fingerprint density at radius 3 is 2.55 bits per heavy atom. The molecule has 1 aliphatic heterocycles. The highest BCUT2D eigenvalue weighted by molar-refractivity contribution is 5.98. The number of para-hydroxylation sites is 1. The fraction of sp³-hybridized carbons (Fsp3) is 0.304. The number of nitrogens with zero attached hydrogens (tertiary/aromatic N) is 1. The van der Waals surface area contributed by atoms with Crippen LogP contribution in [0.5, 0.6) is 0 Å². The second kappa shape index (κ2) is 8.50. The van der Waals surface area contributed by atoms with Crippen LogP contribution in [-0.2, 0) is 11.8 Å². The molecule has 3 atom stereocenters. The van der Waals surface area contributed by atoms with Gasteiger partial charge in [-0.3, -0.25) is 9.59 Å². The highest BCUT2D eigenvalue weighted by atomic mass is 16.5. The van der Waals surface area contributed by atoms with Crippen molar-refractivity contribution >= 4 is 22.7 Å². The Morgan fingerprint density at radius 1 is 1.10 bits per heavy atom. The number of amides is 2. The molecular formula is C23H25N3O5. The number of ether oxygens (including phenoxy) is 1. The maximum absolute atomic E-state index is 12.6. The number of hydrogen-bond donors (Lipinski definition) is 4. The molecular weight excluding hydrogens is 398 g/mol. The van der Waals surface area contributed by atoms with Crippen molar-refractivity contribution in [2.24, 2.45) is 7.05 Å². The van der Waals surface area contributed by atoms with E-state index in [-0.39, 0.29) is 31.5 Å². The summed E-state index contributed by atoms with van der Waals surface area (Å²) in [4.78, 5) is 24.8. The molecule has 1 unspecified atom stereocenters. The summed E-state index contributed by atoms with van der Waals surface area (Å²) in [6.45, 7) is -0.302. The zero-order valence-corrected chi connectivity index (χ0v) is 17.1. The second-order valence-corrected chi connectivity index (χ2v) is 7.80. The van der Waals surface area contributed by atoms with Crippen LogP contribution in [0, 0.1) is 0 Å². The molecule has 0 bridgehead atoms. The minimum Gasteiger partial charge on any atom is -0.387 e.